The van der Waals surface area contributed by atoms with Crippen LogP contribution in [0.5, 0.6) is 0 Å². The molecular formula is C25H30FN7O3. The Hall–Kier alpha value is -3.86. The van der Waals surface area contributed by atoms with E-state index >= 15 is 0 Å². The van der Waals surface area contributed by atoms with Crippen molar-refractivity contribution in [3.8, 4) is 11.4 Å². The van der Waals surface area contributed by atoms with Gasteiger partial charge in [-0.05, 0) is 72.4 Å². The summed E-state index contributed by atoms with van der Waals surface area (Å²) in [7, 11) is 1.72. The zero-order chi connectivity index (χ0) is 25.7. The van der Waals surface area contributed by atoms with Gasteiger partial charge in [0.1, 0.15) is 5.82 Å². The second kappa shape index (κ2) is 11.3. The molecule has 2 aromatic carbocycles. The minimum atomic E-state index is -1.38. The predicted octanol–water partition coefficient (Wildman–Crippen LogP) is 2.37. The van der Waals surface area contributed by atoms with E-state index in [1.807, 2.05) is 6.07 Å². The van der Waals surface area contributed by atoms with Gasteiger partial charge in [0.05, 0.1) is 6.04 Å². The minimum absolute atomic E-state index is 0.225. The molecular weight excluding hydrogens is 465 g/mol. The third kappa shape index (κ3) is 6.22. The van der Waals surface area contributed by atoms with Gasteiger partial charge in [0.2, 0.25) is 0 Å². The Morgan fingerprint density at radius 3 is 2.72 bits per heavy atom. The summed E-state index contributed by atoms with van der Waals surface area (Å²) in [5.74, 6) is 0.0858. The van der Waals surface area contributed by atoms with E-state index in [9.17, 15) is 19.1 Å². The Morgan fingerprint density at radius 1 is 1.22 bits per heavy atom. The molecule has 3 amide bonds. The summed E-state index contributed by atoms with van der Waals surface area (Å²) >= 11 is 0. The van der Waals surface area contributed by atoms with Crippen molar-refractivity contribution in [3.05, 3.63) is 59.9 Å². The molecule has 3 unspecified atom stereocenters. The fourth-order valence-electron chi connectivity index (χ4n) is 4.45. The first-order chi connectivity index (χ1) is 17.3. The molecule has 0 saturated carbocycles. The van der Waals surface area contributed by atoms with Crippen molar-refractivity contribution in [2.75, 3.05) is 18.4 Å². The largest absolute Gasteiger partial charge is 0.381 e. The molecule has 1 aromatic heterocycles. The number of benzene rings is 2. The number of tetrazole rings is 1. The summed E-state index contributed by atoms with van der Waals surface area (Å²) in [6, 6.07) is 12.1. The van der Waals surface area contributed by atoms with E-state index in [1.54, 1.807) is 49.2 Å². The number of hydrogen-bond donors (Lipinski definition) is 3. The molecule has 190 valence electrons. The number of aryl methyl sites for hydroxylation is 1. The van der Waals surface area contributed by atoms with Crippen molar-refractivity contribution in [3.63, 3.8) is 0 Å². The highest BCUT2D eigenvalue weighted by Crippen LogP contribution is 2.22. The van der Waals surface area contributed by atoms with Crippen LogP contribution < -0.4 is 10.6 Å². The first-order valence-electron chi connectivity index (χ1n) is 11.9. The smallest absolute Gasteiger partial charge is 0.319 e. The highest BCUT2D eigenvalue weighted by Gasteiger charge is 2.31. The van der Waals surface area contributed by atoms with E-state index in [0.717, 1.165) is 30.4 Å². The second-order valence-electron chi connectivity index (χ2n) is 9.16. The zero-order valence-corrected chi connectivity index (χ0v) is 20.3. The maximum atomic E-state index is 13.2. The Bertz CT molecular complexity index is 1200. The second-order valence-corrected chi connectivity index (χ2v) is 9.16. The molecule has 0 radical (unpaired) electrons. The van der Waals surface area contributed by atoms with Gasteiger partial charge in [0, 0.05) is 31.4 Å². The molecule has 1 fully saturated rings. The topological polar surface area (TPSA) is 125 Å². The molecule has 3 N–H and O–H groups in total. The van der Waals surface area contributed by atoms with Crippen LogP contribution in [0.3, 0.4) is 0 Å². The Kier molecular flexibility index (Phi) is 7.89. The van der Waals surface area contributed by atoms with Crippen molar-refractivity contribution in [2.45, 2.75) is 38.3 Å². The maximum Gasteiger partial charge on any atom is 0.319 e. The van der Waals surface area contributed by atoms with Crippen molar-refractivity contribution >= 4 is 17.6 Å². The molecule has 3 atom stereocenters. The van der Waals surface area contributed by atoms with Gasteiger partial charge in [-0.15, -0.1) is 5.10 Å². The number of anilines is 1. The average molecular weight is 496 g/mol. The minimum Gasteiger partial charge on any atom is -0.381 e. The summed E-state index contributed by atoms with van der Waals surface area (Å²) in [6.45, 7) is 2.65. The number of nitrogens with zero attached hydrogens (tertiary/aromatic N) is 5. The van der Waals surface area contributed by atoms with Gasteiger partial charge in [0.25, 0.3) is 5.91 Å². The molecule has 10 nitrogen and oxygen atoms in total. The first kappa shape index (κ1) is 25.2. The van der Waals surface area contributed by atoms with Crippen LogP contribution in [0.15, 0.2) is 48.5 Å². The van der Waals surface area contributed by atoms with Crippen molar-refractivity contribution < 1.29 is 19.1 Å². The number of rotatable bonds is 7. The number of carbonyl (C=O) groups excluding carboxylic acids is 2. The third-order valence-corrected chi connectivity index (χ3v) is 6.35. The lowest BCUT2D eigenvalue weighted by atomic mass is 9.91. The van der Waals surface area contributed by atoms with Gasteiger partial charge in [-0.1, -0.05) is 24.3 Å². The molecule has 3 aromatic rings. The molecule has 11 heteroatoms. The number of aromatic nitrogens is 4. The molecule has 36 heavy (non-hydrogen) atoms. The Labute approximate surface area is 208 Å². The highest BCUT2D eigenvalue weighted by molar-refractivity contribution is 5.91. The molecule has 1 saturated heterocycles. The van der Waals surface area contributed by atoms with Crippen LogP contribution in [0, 0.1) is 11.7 Å². The molecule has 0 bridgehead atoms. The number of nitrogens with one attached hydrogen (secondary N) is 2. The first-order valence-corrected chi connectivity index (χ1v) is 11.9. The summed E-state index contributed by atoms with van der Waals surface area (Å²) in [6.07, 6.45) is 1.14. The SMILES string of the molecule is CC(NC(=O)Nc1cccc(-c2nnnn2C)c1)C(O)C(=O)N1CCCC(Cc2ccc(F)cc2)C1. The number of urea groups is 1. The monoisotopic (exact) mass is 495 g/mol. The zero-order valence-electron chi connectivity index (χ0n) is 20.3. The average Bonchev–Trinajstić information content (AvgIpc) is 3.30. The van der Waals surface area contributed by atoms with Crippen molar-refractivity contribution in [1.29, 1.82) is 0 Å². The molecule has 1 aliphatic rings. The highest BCUT2D eigenvalue weighted by atomic mass is 19.1. The number of hydrogen-bond acceptors (Lipinski definition) is 6. The van der Waals surface area contributed by atoms with E-state index in [4.69, 9.17) is 0 Å². The number of amides is 3. The van der Waals surface area contributed by atoms with E-state index in [2.05, 4.69) is 26.2 Å². The molecule has 0 aliphatic carbocycles. The number of likely N-dealkylation sites (tertiary alicyclic amines) is 1. The lowest BCUT2D eigenvalue weighted by Crippen LogP contribution is -2.53. The lowest BCUT2D eigenvalue weighted by Gasteiger charge is -2.35. The fourth-order valence-corrected chi connectivity index (χ4v) is 4.45. The Balaban J connectivity index is 1.30. The normalized spacial score (nSPS) is 17.3. The van der Waals surface area contributed by atoms with Crippen LogP contribution in [0.4, 0.5) is 14.9 Å². The van der Waals surface area contributed by atoms with E-state index < -0.39 is 24.1 Å². The molecule has 0 spiro atoms. The van der Waals surface area contributed by atoms with Gasteiger partial charge in [0.15, 0.2) is 11.9 Å². The van der Waals surface area contributed by atoms with E-state index in [1.165, 1.54) is 16.8 Å². The standard InChI is InChI=1S/C25H30FN7O3/c1-16(27-25(36)28-21-7-3-6-19(14-21)23-29-30-31-32(23)2)22(34)24(35)33-12-4-5-18(15-33)13-17-8-10-20(26)11-9-17/h3,6-11,14,16,18,22,34H,4-5,12-13,15H2,1-2H3,(H2,27,28,36). The van der Waals surface area contributed by atoms with Gasteiger partial charge >= 0.3 is 6.03 Å². The summed E-state index contributed by atoms with van der Waals surface area (Å²) in [5, 5.41) is 27.4. The van der Waals surface area contributed by atoms with Crippen LogP contribution in [0.1, 0.15) is 25.3 Å². The van der Waals surface area contributed by atoms with E-state index in [0.29, 0.717) is 24.6 Å². The quantitative estimate of drug-likeness (QED) is 0.462. The van der Waals surface area contributed by atoms with Gasteiger partial charge < -0.3 is 20.6 Å². The van der Waals surface area contributed by atoms with Crippen LogP contribution in [0.25, 0.3) is 11.4 Å². The number of carbonyl (C=O) groups is 2. The summed E-state index contributed by atoms with van der Waals surface area (Å²) in [4.78, 5) is 27.2. The number of aliphatic hydroxyl groups excluding tert-OH is 1. The van der Waals surface area contributed by atoms with Gasteiger partial charge in [-0.25, -0.2) is 13.9 Å². The van der Waals surface area contributed by atoms with Crippen LogP contribution in [-0.2, 0) is 18.3 Å². The number of aliphatic hydroxyl groups is 1. The van der Waals surface area contributed by atoms with Gasteiger partial charge in [-0.2, -0.15) is 0 Å². The molecule has 2 heterocycles. The summed E-state index contributed by atoms with van der Waals surface area (Å²) < 4.78 is 14.7. The predicted molar refractivity (Wildman–Crippen MR) is 131 cm³/mol. The number of halogens is 1. The molecule has 4 rings (SSSR count). The van der Waals surface area contributed by atoms with Crippen LogP contribution in [-0.4, -0.2) is 67.4 Å². The maximum absolute atomic E-state index is 13.2. The number of piperidine rings is 1. The fraction of sp³-hybridized carbons (Fsp3) is 0.400. The Morgan fingerprint density at radius 2 is 2.00 bits per heavy atom. The van der Waals surface area contributed by atoms with Crippen molar-refractivity contribution in [2.24, 2.45) is 13.0 Å². The van der Waals surface area contributed by atoms with E-state index in [-0.39, 0.29) is 11.7 Å². The van der Waals surface area contributed by atoms with Gasteiger partial charge in [-0.3, -0.25) is 4.79 Å². The lowest BCUT2D eigenvalue weighted by molar-refractivity contribution is -0.143. The van der Waals surface area contributed by atoms with Crippen molar-refractivity contribution in [1.82, 2.24) is 30.4 Å². The molecule has 1 aliphatic heterocycles. The summed E-state index contributed by atoms with van der Waals surface area (Å²) in [5.41, 5.74) is 2.26. The van der Waals surface area contributed by atoms with Crippen LogP contribution >= 0.6 is 0 Å². The third-order valence-electron chi connectivity index (χ3n) is 6.35. The van der Waals surface area contributed by atoms with Crippen LogP contribution in [0.2, 0.25) is 0 Å².